The third kappa shape index (κ3) is 3.97. The highest BCUT2D eigenvalue weighted by atomic mass is 32.2. The lowest BCUT2D eigenvalue weighted by Crippen LogP contribution is -2.56. The zero-order chi connectivity index (χ0) is 17.9. The van der Waals surface area contributed by atoms with Crippen molar-refractivity contribution in [3.8, 4) is 0 Å². The Morgan fingerprint density at radius 3 is 2.92 bits per heavy atom. The van der Waals surface area contributed by atoms with E-state index < -0.39 is 0 Å². The number of nitrogens with one attached hydrogen (secondary N) is 1. The summed E-state index contributed by atoms with van der Waals surface area (Å²) in [5, 5.41) is 3.68. The van der Waals surface area contributed by atoms with Crippen molar-refractivity contribution in [3.63, 3.8) is 0 Å². The summed E-state index contributed by atoms with van der Waals surface area (Å²) in [4.78, 5) is 13.6. The minimum atomic E-state index is 0.243. The summed E-state index contributed by atoms with van der Waals surface area (Å²) < 4.78 is 2.25. The quantitative estimate of drug-likeness (QED) is 0.652. The molecule has 3 atom stereocenters. The minimum Gasteiger partial charge on any atom is -0.354 e. The zero-order valence-electron chi connectivity index (χ0n) is 16.0. The molecule has 2 saturated heterocycles. The number of hydrogen-bond donors (Lipinski definition) is 1. The van der Waals surface area contributed by atoms with Crippen molar-refractivity contribution in [1.82, 2.24) is 24.7 Å². The van der Waals surface area contributed by atoms with Gasteiger partial charge in [-0.2, -0.15) is 11.8 Å². The molecule has 0 aliphatic carbocycles. The molecule has 140 valence electrons. The van der Waals surface area contributed by atoms with Crippen LogP contribution in [-0.4, -0.2) is 83.1 Å². The fourth-order valence-corrected chi connectivity index (χ4v) is 5.47. The van der Waals surface area contributed by atoms with Crippen LogP contribution in [0.2, 0.25) is 0 Å². The lowest BCUT2D eigenvalue weighted by atomic mass is 9.93. The van der Waals surface area contributed by atoms with Gasteiger partial charge in [0, 0.05) is 50.4 Å². The fraction of sp³-hybridized carbons (Fsp3) is 0.778. The van der Waals surface area contributed by atoms with Crippen molar-refractivity contribution >= 4 is 17.7 Å². The normalized spacial score (nSPS) is 30.9. The highest BCUT2D eigenvalue weighted by Gasteiger charge is 2.37. The van der Waals surface area contributed by atoms with Crippen molar-refractivity contribution in [2.75, 3.05) is 52.3 Å². The Morgan fingerprint density at radius 1 is 1.48 bits per heavy atom. The summed E-state index contributed by atoms with van der Waals surface area (Å²) in [6, 6.07) is 0.458. The van der Waals surface area contributed by atoms with Gasteiger partial charge in [-0.1, -0.05) is 6.92 Å². The summed E-state index contributed by atoms with van der Waals surface area (Å²) in [6.45, 7) is 5.35. The third-order valence-corrected chi connectivity index (χ3v) is 7.18. The van der Waals surface area contributed by atoms with Gasteiger partial charge in [0.1, 0.15) is 0 Å². The van der Waals surface area contributed by atoms with E-state index in [0.29, 0.717) is 12.0 Å². The second-order valence-electron chi connectivity index (χ2n) is 7.61. The molecule has 3 unspecified atom stereocenters. The highest BCUT2D eigenvalue weighted by Crippen LogP contribution is 2.32. The molecule has 2 aliphatic rings. The Bertz CT molecular complexity index is 564. The number of nitrogens with zero attached hydrogens (tertiary/aromatic N) is 5. The molecule has 25 heavy (non-hydrogen) atoms. The van der Waals surface area contributed by atoms with E-state index in [1.165, 1.54) is 24.3 Å². The molecule has 1 N–H and O–H groups in total. The van der Waals surface area contributed by atoms with Crippen molar-refractivity contribution < 1.29 is 0 Å². The maximum Gasteiger partial charge on any atom is 0.193 e. The van der Waals surface area contributed by atoms with Crippen molar-refractivity contribution in [2.45, 2.75) is 31.3 Å². The first-order valence-corrected chi connectivity index (χ1v) is 10.4. The monoisotopic (exact) mass is 364 g/mol. The van der Waals surface area contributed by atoms with Crippen molar-refractivity contribution in [3.05, 3.63) is 18.7 Å². The second kappa shape index (κ2) is 7.99. The van der Waals surface area contributed by atoms with Crippen LogP contribution < -0.4 is 5.32 Å². The van der Waals surface area contributed by atoms with Crippen molar-refractivity contribution in [1.29, 1.82) is 0 Å². The number of rotatable bonds is 4. The average Bonchev–Trinajstić information content (AvgIpc) is 3.28. The standard InChI is InChI=1S/C18H32N6S/c1-15-5-8-23(11-16(15)24-9-7-20-14-24)17(19-2)21-12-18(22(3)4)6-10-25-13-18/h7,9,14-16H,5-6,8,10-13H2,1-4H3,(H,19,21). The van der Waals surface area contributed by atoms with E-state index in [4.69, 9.17) is 0 Å². The molecule has 3 heterocycles. The smallest absolute Gasteiger partial charge is 0.193 e. The van der Waals surface area contributed by atoms with Gasteiger partial charge in [0.25, 0.3) is 0 Å². The average molecular weight is 365 g/mol. The Morgan fingerprint density at radius 2 is 2.32 bits per heavy atom. The number of imidazole rings is 1. The number of hydrogen-bond acceptors (Lipinski definition) is 4. The van der Waals surface area contributed by atoms with Gasteiger partial charge in [0.15, 0.2) is 5.96 Å². The molecule has 6 nitrogen and oxygen atoms in total. The van der Waals surface area contributed by atoms with Gasteiger partial charge in [0.05, 0.1) is 12.4 Å². The lowest BCUT2D eigenvalue weighted by Gasteiger charge is -2.41. The van der Waals surface area contributed by atoms with E-state index in [0.717, 1.165) is 25.6 Å². The molecule has 0 bridgehead atoms. The number of likely N-dealkylation sites (N-methyl/N-ethyl adjacent to an activating group) is 1. The summed E-state index contributed by atoms with van der Waals surface area (Å²) in [6.07, 6.45) is 8.31. The van der Waals surface area contributed by atoms with Crippen LogP contribution in [0.25, 0.3) is 0 Å². The first kappa shape index (κ1) is 18.6. The van der Waals surface area contributed by atoms with Crippen LogP contribution in [0.1, 0.15) is 25.8 Å². The van der Waals surface area contributed by atoms with Crippen LogP contribution in [0.5, 0.6) is 0 Å². The molecular formula is C18H32N6S. The fourth-order valence-electron chi connectivity index (χ4n) is 3.92. The Labute approximate surface area is 156 Å². The molecule has 0 amide bonds. The molecule has 0 saturated carbocycles. The van der Waals surface area contributed by atoms with E-state index in [2.05, 4.69) is 68.6 Å². The van der Waals surface area contributed by atoms with Gasteiger partial charge < -0.3 is 19.7 Å². The lowest BCUT2D eigenvalue weighted by molar-refractivity contribution is 0.171. The van der Waals surface area contributed by atoms with E-state index in [1.807, 2.05) is 19.6 Å². The molecule has 1 aromatic heterocycles. The van der Waals surface area contributed by atoms with Gasteiger partial charge in [-0.05, 0) is 38.6 Å². The summed E-state index contributed by atoms with van der Waals surface area (Å²) in [5.74, 6) is 4.14. The molecule has 2 fully saturated rings. The van der Waals surface area contributed by atoms with Crippen LogP contribution in [0, 0.1) is 5.92 Å². The number of guanidine groups is 1. The zero-order valence-corrected chi connectivity index (χ0v) is 16.8. The van der Waals surface area contributed by atoms with Crippen LogP contribution in [0.4, 0.5) is 0 Å². The van der Waals surface area contributed by atoms with Crippen molar-refractivity contribution in [2.24, 2.45) is 10.9 Å². The molecule has 0 radical (unpaired) electrons. The number of likely N-dealkylation sites (tertiary alicyclic amines) is 1. The number of aliphatic imine (C=N–C) groups is 1. The SMILES string of the molecule is CN=C(NCC1(N(C)C)CCSC1)N1CCC(C)C(n2ccnc2)C1. The van der Waals surface area contributed by atoms with Crippen LogP contribution >= 0.6 is 11.8 Å². The predicted octanol–water partition coefficient (Wildman–Crippen LogP) is 1.78. The van der Waals surface area contributed by atoms with Gasteiger partial charge >= 0.3 is 0 Å². The third-order valence-electron chi connectivity index (χ3n) is 5.94. The van der Waals surface area contributed by atoms with Gasteiger partial charge in [-0.3, -0.25) is 4.99 Å². The van der Waals surface area contributed by atoms with E-state index in [1.54, 1.807) is 0 Å². The van der Waals surface area contributed by atoms with Crippen LogP contribution in [0.15, 0.2) is 23.7 Å². The number of piperidine rings is 1. The summed E-state index contributed by atoms with van der Waals surface area (Å²) in [5.41, 5.74) is 0.243. The highest BCUT2D eigenvalue weighted by molar-refractivity contribution is 7.99. The van der Waals surface area contributed by atoms with Crippen LogP contribution in [0.3, 0.4) is 0 Å². The maximum absolute atomic E-state index is 4.59. The molecule has 2 aliphatic heterocycles. The van der Waals surface area contributed by atoms with Gasteiger partial charge in [-0.25, -0.2) is 4.98 Å². The maximum atomic E-state index is 4.59. The van der Waals surface area contributed by atoms with Gasteiger partial charge in [0.2, 0.25) is 0 Å². The molecular weight excluding hydrogens is 332 g/mol. The molecule has 7 heteroatoms. The summed E-state index contributed by atoms with van der Waals surface area (Å²) >= 11 is 2.06. The number of thioether (sulfide) groups is 1. The van der Waals surface area contributed by atoms with E-state index in [9.17, 15) is 0 Å². The molecule has 3 rings (SSSR count). The Balaban J connectivity index is 1.65. The Hall–Kier alpha value is -1.21. The van der Waals surface area contributed by atoms with E-state index in [-0.39, 0.29) is 5.54 Å². The first-order chi connectivity index (χ1) is 12.1. The molecule has 0 spiro atoms. The predicted molar refractivity (Wildman–Crippen MR) is 106 cm³/mol. The Kier molecular flexibility index (Phi) is 5.94. The largest absolute Gasteiger partial charge is 0.354 e. The molecule has 0 aromatic carbocycles. The topological polar surface area (TPSA) is 48.7 Å². The summed E-state index contributed by atoms with van der Waals surface area (Å²) in [7, 11) is 6.31. The first-order valence-electron chi connectivity index (χ1n) is 9.24. The second-order valence-corrected chi connectivity index (χ2v) is 8.72. The van der Waals surface area contributed by atoms with E-state index >= 15 is 0 Å². The molecule has 1 aromatic rings. The number of aromatic nitrogens is 2. The van der Waals surface area contributed by atoms with Crippen LogP contribution in [-0.2, 0) is 0 Å². The van der Waals surface area contributed by atoms with Gasteiger partial charge in [-0.15, -0.1) is 0 Å². The minimum absolute atomic E-state index is 0.243.